The Hall–Kier alpha value is -1.14. The van der Waals surface area contributed by atoms with Gasteiger partial charge in [0, 0.05) is 18.5 Å². The first-order valence-corrected chi connectivity index (χ1v) is 5.23. The first kappa shape index (κ1) is 12.9. The van der Waals surface area contributed by atoms with Crippen LogP contribution in [0.25, 0.3) is 0 Å². The molecule has 6 heteroatoms. The Balaban J connectivity index is 2.56. The molecule has 0 radical (unpaired) electrons. The highest BCUT2D eigenvalue weighted by Gasteiger charge is 2.37. The van der Waals surface area contributed by atoms with Gasteiger partial charge in [-0.3, -0.25) is 14.5 Å². The van der Waals surface area contributed by atoms with E-state index in [0.717, 1.165) is 0 Å². The average Bonchev–Trinajstić information content (AvgIpc) is 2.65. The van der Waals surface area contributed by atoms with E-state index in [-0.39, 0.29) is 24.5 Å². The minimum Gasteiger partial charge on any atom is -0.481 e. The maximum absolute atomic E-state index is 10.9. The molecule has 3 unspecified atom stereocenters. The number of ether oxygens (including phenoxy) is 1. The maximum Gasteiger partial charge on any atom is 0.310 e. The van der Waals surface area contributed by atoms with Crippen LogP contribution in [0, 0.1) is 11.8 Å². The molecule has 6 nitrogen and oxygen atoms in total. The predicted octanol–water partition coefficient (Wildman–Crippen LogP) is -0.861. The second-order valence-electron chi connectivity index (χ2n) is 4.29. The molecule has 0 bridgehead atoms. The smallest absolute Gasteiger partial charge is 0.310 e. The van der Waals surface area contributed by atoms with Gasteiger partial charge in [0.15, 0.2) is 0 Å². The number of hydrogen-bond acceptors (Lipinski definition) is 4. The van der Waals surface area contributed by atoms with Gasteiger partial charge in [0.25, 0.3) is 0 Å². The number of carboxylic acid groups (broad SMARTS) is 1. The molecular formula is C10H18N2O4. The van der Waals surface area contributed by atoms with E-state index in [4.69, 9.17) is 15.6 Å². The molecule has 92 valence electrons. The topological polar surface area (TPSA) is 92.9 Å². The van der Waals surface area contributed by atoms with Crippen LogP contribution in [0.2, 0.25) is 0 Å². The molecule has 1 aliphatic rings. The van der Waals surface area contributed by atoms with Crippen molar-refractivity contribution in [3.05, 3.63) is 0 Å². The zero-order valence-electron chi connectivity index (χ0n) is 9.55. The molecule has 0 aliphatic carbocycles. The Morgan fingerprint density at radius 1 is 1.56 bits per heavy atom. The van der Waals surface area contributed by atoms with Gasteiger partial charge in [-0.05, 0) is 7.05 Å². The molecule has 0 spiro atoms. The van der Waals surface area contributed by atoms with Crippen LogP contribution in [0.5, 0.6) is 0 Å². The number of aliphatic carboxylic acids is 1. The Kier molecular flexibility index (Phi) is 4.26. The van der Waals surface area contributed by atoms with Crippen LogP contribution in [0.15, 0.2) is 0 Å². The van der Waals surface area contributed by atoms with Gasteiger partial charge in [0.1, 0.15) is 0 Å². The lowest BCUT2D eigenvalue weighted by molar-refractivity contribution is -0.143. The summed E-state index contributed by atoms with van der Waals surface area (Å²) < 4.78 is 5.16. The first-order valence-electron chi connectivity index (χ1n) is 5.23. The molecule has 0 saturated carbocycles. The fourth-order valence-electron chi connectivity index (χ4n) is 1.87. The molecule has 1 fully saturated rings. The van der Waals surface area contributed by atoms with Crippen molar-refractivity contribution in [2.24, 2.45) is 17.6 Å². The van der Waals surface area contributed by atoms with Gasteiger partial charge in [-0.2, -0.15) is 0 Å². The number of rotatable bonds is 5. The monoisotopic (exact) mass is 230 g/mol. The number of likely N-dealkylation sites (N-methyl/N-ethyl adjacent to an activating group) is 1. The van der Waals surface area contributed by atoms with E-state index in [0.29, 0.717) is 13.2 Å². The number of hydrogen-bond donors (Lipinski definition) is 2. The summed E-state index contributed by atoms with van der Waals surface area (Å²) in [5.41, 5.74) is 5.16. The first-order chi connectivity index (χ1) is 7.43. The van der Waals surface area contributed by atoms with Crippen LogP contribution in [0.1, 0.15) is 6.92 Å². The fourth-order valence-corrected chi connectivity index (χ4v) is 1.87. The molecule has 1 rings (SSSR count). The van der Waals surface area contributed by atoms with Crippen LogP contribution in [-0.2, 0) is 14.3 Å². The van der Waals surface area contributed by atoms with Gasteiger partial charge < -0.3 is 15.6 Å². The number of carbonyl (C=O) groups excluding carboxylic acids is 1. The minimum atomic E-state index is -0.860. The number of carboxylic acids is 1. The number of nitrogens with two attached hydrogens (primary N) is 1. The van der Waals surface area contributed by atoms with Crippen molar-refractivity contribution in [2.45, 2.75) is 13.0 Å². The van der Waals surface area contributed by atoms with Gasteiger partial charge in [0.2, 0.25) is 5.91 Å². The Morgan fingerprint density at radius 2 is 2.19 bits per heavy atom. The van der Waals surface area contributed by atoms with E-state index in [9.17, 15) is 9.59 Å². The van der Waals surface area contributed by atoms with Crippen LogP contribution in [0.4, 0.5) is 0 Å². The standard InChI is InChI=1S/C10H18N2O4/c1-6(9(11)13)3-12(2)8-5-16-4-7(8)10(14)15/h6-8H,3-5H2,1-2H3,(H2,11,13)(H,14,15). The van der Waals surface area contributed by atoms with Crippen LogP contribution >= 0.6 is 0 Å². The Bertz CT molecular complexity index is 282. The number of carbonyl (C=O) groups is 2. The van der Waals surface area contributed by atoms with Gasteiger partial charge in [-0.25, -0.2) is 0 Å². The second-order valence-corrected chi connectivity index (χ2v) is 4.29. The largest absolute Gasteiger partial charge is 0.481 e. The molecule has 0 aromatic carbocycles. The summed E-state index contributed by atoms with van der Waals surface area (Å²) in [6, 6.07) is -0.181. The molecular weight excluding hydrogens is 212 g/mol. The van der Waals surface area contributed by atoms with Gasteiger partial charge in [0.05, 0.1) is 19.1 Å². The van der Waals surface area contributed by atoms with Crippen molar-refractivity contribution >= 4 is 11.9 Å². The molecule has 3 N–H and O–H groups in total. The Labute approximate surface area is 94.3 Å². The molecule has 0 aromatic heterocycles. The van der Waals surface area contributed by atoms with Crippen molar-refractivity contribution in [1.29, 1.82) is 0 Å². The van der Waals surface area contributed by atoms with E-state index >= 15 is 0 Å². The summed E-state index contributed by atoms with van der Waals surface area (Å²) in [6.07, 6.45) is 0. The summed E-state index contributed by atoms with van der Waals surface area (Å²) in [5, 5.41) is 8.98. The van der Waals surface area contributed by atoms with Gasteiger partial charge in [-0.1, -0.05) is 6.92 Å². The van der Waals surface area contributed by atoms with Crippen molar-refractivity contribution in [2.75, 3.05) is 26.8 Å². The van der Waals surface area contributed by atoms with E-state index in [2.05, 4.69) is 0 Å². The third-order valence-corrected chi connectivity index (χ3v) is 2.98. The summed E-state index contributed by atoms with van der Waals surface area (Å²) in [7, 11) is 1.79. The second kappa shape index (κ2) is 5.27. The molecule has 1 saturated heterocycles. The van der Waals surface area contributed by atoms with Crippen molar-refractivity contribution in [3.8, 4) is 0 Å². The zero-order valence-corrected chi connectivity index (χ0v) is 9.55. The van der Waals surface area contributed by atoms with Crippen molar-refractivity contribution in [3.63, 3.8) is 0 Å². The third kappa shape index (κ3) is 2.93. The number of nitrogens with zero attached hydrogens (tertiary/aromatic N) is 1. The van der Waals surface area contributed by atoms with Crippen LogP contribution in [0.3, 0.4) is 0 Å². The summed E-state index contributed by atoms with van der Waals surface area (Å²) in [5.74, 6) is -2.05. The minimum absolute atomic E-state index is 0.181. The van der Waals surface area contributed by atoms with E-state index in [1.54, 1.807) is 14.0 Å². The fraction of sp³-hybridized carbons (Fsp3) is 0.800. The lowest BCUT2D eigenvalue weighted by Gasteiger charge is -2.27. The molecule has 1 aliphatic heterocycles. The molecule has 1 heterocycles. The SMILES string of the molecule is CC(CN(C)C1COCC1C(=O)O)C(N)=O. The number of amides is 1. The molecule has 1 amide bonds. The van der Waals surface area contributed by atoms with E-state index in [1.165, 1.54) is 0 Å². The molecule has 3 atom stereocenters. The van der Waals surface area contributed by atoms with E-state index in [1.807, 2.05) is 4.90 Å². The highest BCUT2D eigenvalue weighted by atomic mass is 16.5. The lowest BCUT2D eigenvalue weighted by Crippen LogP contribution is -2.44. The number of primary amides is 1. The maximum atomic E-state index is 10.9. The van der Waals surface area contributed by atoms with Crippen molar-refractivity contribution in [1.82, 2.24) is 4.90 Å². The Morgan fingerprint density at radius 3 is 2.69 bits per heavy atom. The van der Waals surface area contributed by atoms with Crippen molar-refractivity contribution < 1.29 is 19.4 Å². The summed E-state index contributed by atoms with van der Waals surface area (Å²) >= 11 is 0. The highest BCUT2D eigenvalue weighted by Crippen LogP contribution is 2.19. The summed E-state index contributed by atoms with van der Waals surface area (Å²) in [4.78, 5) is 23.7. The molecule has 16 heavy (non-hydrogen) atoms. The summed E-state index contributed by atoms with van der Waals surface area (Å²) in [6.45, 7) is 2.80. The van der Waals surface area contributed by atoms with Gasteiger partial charge >= 0.3 is 5.97 Å². The van der Waals surface area contributed by atoms with E-state index < -0.39 is 11.9 Å². The quantitative estimate of drug-likeness (QED) is 0.641. The van der Waals surface area contributed by atoms with Crippen LogP contribution < -0.4 is 5.73 Å². The highest BCUT2D eigenvalue weighted by molar-refractivity contribution is 5.76. The van der Waals surface area contributed by atoms with Gasteiger partial charge in [-0.15, -0.1) is 0 Å². The average molecular weight is 230 g/mol. The normalized spacial score (nSPS) is 26.9. The zero-order chi connectivity index (χ0) is 12.3. The molecule has 0 aromatic rings. The lowest BCUT2D eigenvalue weighted by atomic mass is 10.0. The predicted molar refractivity (Wildman–Crippen MR) is 56.7 cm³/mol. The van der Waals surface area contributed by atoms with Crippen LogP contribution in [-0.4, -0.2) is 54.7 Å². The third-order valence-electron chi connectivity index (χ3n) is 2.98.